The van der Waals surface area contributed by atoms with Crippen LogP contribution in [-0.2, 0) is 9.53 Å². The van der Waals surface area contributed by atoms with Crippen LogP contribution in [0.2, 0.25) is 0 Å². The van der Waals surface area contributed by atoms with Gasteiger partial charge in [-0.05, 0) is 38.8 Å². The lowest BCUT2D eigenvalue weighted by molar-refractivity contribution is -0.125. The molecule has 4 rings (SSSR count). The molecule has 0 N–H and O–H groups in total. The zero-order chi connectivity index (χ0) is 22.0. The number of nitrogens with zero attached hydrogens (tertiary/aromatic N) is 5. The van der Waals surface area contributed by atoms with Crippen molar-refractivity contribution >= 4 is 29.0 Å². The highest BCUT2D eigenvalue weighted by molar-refractivity contribution is 6.00. The number of hydrogen-bond acceptors (Lipinski definition) is 6. The highest BCUT2D eigenvalue weighted by Crippen LogP contribution is 2.40. The van der Waals surface area contributed by atoms with Gasteiger partial charge in [0, 0.05) is 39.0 Å². The van der Waals surface area contributed by atoms with Gasteiger partial charge in [-0.1, -0.05) is 31.0 Å². The zero-order valence-corrected chi connectivity index (χ0v) is 19.0. The van der Waals surface area contributed by atoms with Crippen LogP contribution in [0, 0.1) is 5.41 Å². The molecule has 7 nitrogen and oxygen atoms in total. The molecule has 1 aromatic heterocycles. The van der Waals surface area contributed by atoms with Crippen molar-refractivity contribution < 1.29 is 9.53 Å². The van der Waals surface area contributed by atoms with Gasteiger partial charge in [-0.25, -0.2) is 4.98 Å². The van der Waals surface area contributed by atoms with Gasteiger partial charge in [0.15, 0.2) is 5.82 Å². The van der Waals surface area contributed by atoms with Crippen molar-refractivity contribution in [2.45, 2.75) is 45.6 Å². The Morgan fingerprint density at radius 1 is 1.19 bits per heavy atom. The number of benzene rings is 1. The second-order valence-corrected chi connectivity index (χ2v) is 9.17. The lowest BCUT2D eigenvalue weighted by Gasteiger charge is -2.34. The van der Waals surface area contributed by atoms with Crippen LogP contribution in [0.25, 0.3) is 0 Å². The summed E-state index contributed by atoms with van der Waals surface area (Å²) in [6.45, 7) is 5.93. The molecule has 1 aliphatic carbocycles. The molecule has 1 fully saturated rings. The van der Waals surface area contributed by atoms with Gasteiger partial charge < -0.3 is 19.4 Å². The molecule has 166 valence electrons. The summed E-state index contributed by atoms with van der Waals surface area (Å²) in [4.78, 5) is 29.1. The minimum absolute atomic E-state index is 0.102. The predicted molar refractivity (Wildman–Crippen MR) is 124 cm³/mol. The van der Waals surface area contributed by atoms with Gasteiger partial charge in [-0.15, -0.1) is 0 Å². The van der Waals surface area contributed by atoms with E-state index in [9.17, 15) is 4.79 Å². The molecular weight excluding hydrogens is 390 g/mol. The maximum Gasteiger partial charge on any atom is 0.234 e. The monoisotopic (exact) mass is 423 g/mol. The first-order valence-corrected chi connectivity index (χ1v) is 11.2. The molecule has 0 radical (unpaired) electrons. The topological polar surface area (TPSA) is 61.8 Å². The number of para-hydroxylation sites is 1. The molecular formula is C24H33N5O2. The Hall–Kier alpha value is -2.67. The first kappa shape index (κ1) is 21.6. The van der Waals surface area contributed by atoms with Crippen LogP contribution in [0.5, 0.6) is 0 Å². The number of anilines is 4. The summed E-state index contributed by atoms with van der Waals surface area (Å²) in [5, 5.41) is 0. The summed E-state index contributed by atoms with van der Waals surface area (Å²) in [7, 11) is 3.54. The smallest absolute Gasteiger partial charge is 0.234 e. The molecule has 1 aromatic carbocycles. The molecule has 1 aliphatic heterocycles. The molecule has 0 bridgehead atoms. The van der Waals surface area contributed by atoms with Gasteiger partial charge in [0.05, 0.1) is 18.2 Å². The predicted octanol–water partition coefficient (Wildman–Crippen LogP) is 4.01. The molecule has 2 aliphatic rings. The van der Waals surface area contributed by atoms with Crippen molar-refractivity contribution in [2.75, 3.05) is 48.6 Å². The van der Waals surface area contributed by atoms with Crippen LogP contribution in [0.4, 0.5) is 23.1 Å². The van der Waals surface area contributed by atoms with E-state index in [-0.39, 0.29) is 5.91 Å². The van der Waals surface area contributed by atoms with Gasteiger partial charge in [0.25, 0.3) is 0 Å². The summed E-state index contributed by atoms with van der Waals surface area (Å²) < 4.78 is 5.35. The third-order valence-electron chi connectivity index (χ3n) is 6.41. The van der Waals surface area contributed by atoms with Crippen molar-refractivity contribution in [3.63, 3.8) is 0 Å². The zero-order valence-electron chi connectivity index (χ0n) is 19.0. The van der Waals surface area contributed by atoms with Crippen LogP contribution in [0.15, 0.2) is 36.5 Å². The molecule has 7 heteroatoms. The fourth-order valence-electron chi connectivity index (χ4n) is 4.72. The molecule has 0 spiro atoms. The van der Waals surface area contributed by atoms with Crippen molar-refractivity contribution in [3.8, 4) is 0 Å². The highest BCUT2D eigenvalue weighted by atomic mass is 16.5. The Balaban J connectivity index is 1.80. The molecule has 2 heterocycles. The third-order valence-corrected chi connectivity index (χ3v) is 6.41. The number of methoxy groups -OCH3 is 1. The van der Waals surface area contributed by atoms with E-state index in [4.69, 9.17) is 14.7 Å². The molecule has 0 unspecified atom stereocenters. The Kier molecular flexibility index (Phi) is 6.14. The van der Waals surface area contributed by atoms with Crippen LogP contribution in [-0.4, -0.2) is 55.8 Å². The second-order valence-electron chi connectivity index (χ2n) is 9.17. The van der Waals surface area contributed by atoms with Gasteiger partial charge in [-0.3, -0.25) is 4.79 Å². The van der Waals surface area contributed by atoms with Crippen molar-refractivity contribution in [2.24, 2.45) is 5.41 Å². The van der Waals surface area contributed by atoms with E-state index in [2.05, 4.69) is 21.9 Å². The lowest BCUT2D eigenvalue weighted by atomic mass is 9.91. The summed E-state index contributed by atoms with van der Waals surface area (Å²) in [6, 6.07) is 10.5. The minimum Gasteiger partial charge on any atom is -0.383 e. The average Bonchev–Trinajstić information content (AvgIpc) is 3.30. The van der Waals surface area contributed by atoms with E-state index in [0.717, 1.165) is 30.0 Å². The van der Waals surface area contributed by atoms with E-state index >= 15 is 0 Å². The number of carbonyl (C=O) groups excluding carboxylic acids is 1. The van der Waals surface area contributed by atoms with Crippen molar-refractivity contribution in [3.05, 3.63) is 36.5 Å². The largest absolute Gasteiger partial charge is 0.383 e. The summed E-state index contributed by atoms with van der Waals surface area (Å²) in [5.74, 6) is 1.59. The number of hydrogen-bond donors (Lipinski definition) is 0. The Morgan fingerprint density at radius 2 is 1.90 bits per heavy atom. The van der Waals surface area contributed by atoms with E-state index in [0.29, 0.717) is 31.7 Å². The molecule has 2 aromatic rings. The summed E-state index contributed by atoms with van der Waals surface area (Å²) in [5.41, 5.74) is 1.31. The van der Waals surface area contributed by atoms with E-state index in [1.807, 2.05) is 45.3 Å². The number of ether oxygens (including phenoxy) is 1. The quantitative estimate of drug-likeness (QED) is 0.700. The van der Waals surface area contributed by atoms with E-state index < -0.39 is 5.41 Å². The van der Waals surface area contributed by atoms with E-state index in [1.54, 1.807) is 12.0 Å². The Bertz CT molecular complexity index is 911. The Labute approximate surface area is 185 Å². The Morgan fingerprint density at radius 3 is 2.58 bits per heavy atom. The highest BCUT2D eigenvalue weighted by Gasteiger charge is 2.41. The number of aromatic nitrogens is 2. The standard InChI is InChI=1S/C24H33N5O2/c1-24(2)17-29(19-12-8-9-13-19)21-20(27(3)22(24)30)16-25-23(26-21)28(14-15-31-4)18-10-6-5-7-11-18/h5-7,10-11,16,19H,8-9,12-15,17H2,1-4H3. The van der Waals surface area contributed by atoms with Crippen LogP contribution in [0.1, 0.15) is 39.5 Å². The van der Waals surface area contributed by atoms with Crippen molar-refractivity contribution in [1.82, 2.24) is 9.97 Å². The lowest BCUT2D eigenvalue weighted by Crippen LogP contribution is -2.45. The third kappa shape index (κ3) is 4.24. The van der Waals surface area contributed by atoms with Crippen LogP contribution in [0.3, 0.4) is 0 Å². The fraction of sp³-hybridized carbons (Fsp3) is 0.542. The number of amides is 1. The van der Waals surface area contributed by atoms with Gasteiger partial charge >= 0.3 is 0 Å². The summed E-state index contributed by atoms with van der Waals surface area (Å²) >= 11 is 0. The molecule has 0 atom stereocenters. The number of fused-ring (bicyclic) bond motifs is 1. The van der Waals surface area contributed by atoms with Crippen LogP contribution < -0.4 is 14.7 Å². The fourth-order valence-corrected chi connectivity index (χ4v) is 4.72. The molecule has 0 saturated heterocycles. The minimum atomic E-state index is -0.493. The first-order chi connectivity index (χ1) is 14.9. The molecule has 1 saturated carbocycles. The summed E-state index contributed by atoms with van der Waals surface area (Å²) in [6.07, 6.45) is 6.53. The molecule has 31 heavy (non-hydrogen) atoms. The van der Waals surface area contributed by atoms with Crippen LogP contribution >= 0.6 is 0 Å². The van der Waals surface area contributed by atoms with Gasteiger partial charge in [0.2, 0.25) is 11.9 Å². The normalized spacial score (nSPS) is 18.8. The maximum atomic E-state index is 13.2. The SMILES string of the molecule is COCCN(c1ccccc1)c1ncc2c(n1)N(C1CCCC1)CC(C)(C)C(=O)N2C. The maximum absolute atomic E-state index is 13.2. The van der Waals surface area contributed by atoms with Gasteiger partial charge in [0.1, 0.15) is 5.69 Å². The number of rotatable bonds is 6. The second kappa shape index (κ2) is 8.83. The number of carbonyl (C=O) groups is 1. The average molecular weight is 424 g/mol. The van der Waals surface area contributed by atoms with E-state index in [1.165, 1.54) is 12.8 Å². The first-order valence-electron chi connectivity index (χ1n) is 11.2. The van der Waals surface area contributed by atoms with Crippen molar-refractivity contribution in [1.29, 1.82) is 0 Å². The van der Waals surface area contributed by atoms with Gasteiger partial charge in [-0.2, -0.15) is 4.98 Å². The molecule has 1 amide bonds.